The highest BCUT2D eigenvalue weighted by molar-refractivity contribution is 5.98. The van der Waals surface area contributed by atoms with Crippen molar-refractivity contribution in [3.63, 3.8) is 0 Å². The quantitative estimate of drug-likeness (QED) is 0.176. The van der Waals surface area contributed by atoms with Crippen LogP contribution in [-0.4, -0.2) is 0 Å². The molecule has 0 amide bonds. The molecular formula is C46H33N. The van der Waals surface area contributed by atoms with E-state index < -0.39 is 0 Å². The van der Waals surface area contributed by atoms with Gasteiger partial charge in [-0.2, -0.15) is 0 Å². The van der Waals surface area contributed by atoms with Crippen molar-refractivity contribution in [3.05, 3.63) is 200 Å². The SMILES string of the molecule is c1ccc(-c2ccc(N(c3ccccc3-c3ccccc3)c3ccccc3-c3cccc(-c4cccc5ccccc45)c3)cc2)cc1. The third kappa shape index (κ3) is 5.60. The van der Waals surface area contributed by atoms with E-state index in [9.17, 15) is 0 Å². The van der Waals surface area contributed by atoms with Crippen LogP contribution in [0.2, 0.25) is 0 Å². The fourth-order valence-corrected chi connectivity index (χ4v) is 6.62. The molecule has 0 unspecified atom stereocenters. The Morgan fingerprint density at radius 2 is 0.723 bits per heavy atom. The van der Waals surface area contributed by atoms with Crippen LogP contribution in [0.25, 0.3) is 55.3 Å². The zero-order valence-corrected chi connectivity index (χ0v) is 26.0. The number of fused-ring (bicyclic) bond motifs is 1. The maximum absolute atomic E-state index is 2.41. The van der Waals surface area contributed by atoms with Crippen molar-refractivity contribution in [2.75, 3.05) is 4.90 Å². The van der Waals surface area contributed by atoms with Crippen molar-refractivity contribution in [3.8, 4) is 44.5 Å². The van der Waals surface area contributed by atoms with Gasteiger partial charge in [0, 0.05) is 16.8 Å². The fourth-order valence-electron chi connectivity index (χ4n) is 6.62. The minimum Gasteiger partial charge on any atom is -0.309 e. The lowest BCUT2D eigenvalue weighted by Gasteiger charge is -2.30. The van der Waals surface area contributed by atoms with Crippen LogP contribution in [0.1, 0.15) is 0 Å². The summed E-state index contributed by atoms with van der Waals surface area (Å²) < 4.78 is 0. The molecule has 8 aromatic rings. The summed E-state index contributed by atoms with van der Waals surface area (Å²) in [5.74, 6) is 0. The molecule has 8 rings (SSSR count). The molecule has 0 aliphatic rings. The highest BCUT2D eigenvalue weighted by Gasteiger charge is 2.20. The molecule has 0 bridgehead atoms. The molecule has 0 heterocycles. The van der Waals surface area contributed by atoms with E-state index in [-0.39, 0.29) is 0 Å². The Labute approximate surface area is 276 Å². The lowest BCUT2D eigenvalue weighted by atomic mass is 9.94. The Balaban J connectivity index is 1.31. The first-order valence-corrected chi connectivity index (χ1v) is 16.1. The summed E-state index contributed by atoms with van der Waals surface area (Å²) >= 11 is 0. The first-order chi connectivity index (χ1) is 23.3. The number of para-hydroxylation sites is 2. The topological polar surface area (TPSA) is 3.24 Å². The van der Waals surface area contributed by atoms with Crippen LogP contribution in [0, 0.1) is 0 Å². The summed E-state index contributed by atoms with van der Waals surface area (Å²) in [4.78, 5) is 2.41. The summed E-state index contributed by atoms with van der Waals surface area (Å²) in [6, 6.07) is 71.8. The van der Waals surface area contributed by atoms with Crippen LogP contribution in [0.15, 0.2) is 200 Å². The summed E-state index contributed by atoms with van der Waals surface area (Å²) in [5.41, 5.74) is 12.9. The molecule has 0 aliphatic carbocycles. The van der Waals surface area contributed by atoms with Crippen LogP contribution in [-0.2, 0) is 0 Å². The number of hydrogen-bond donors (Lipinski definition) is 0. The highest BCUT2D eigenvalue weighted by atomic mass is 15.1. The standard InChI is InChI=1S/C46H33N/c1-3-15-34(16-4-1)35-29-31-40(32-30-35)47(45-27-11-9-24-43(45)37-17-5-2-6-18-37)46-28-12-10-25-44(46)39-22-13-21-38(33-39)42-26-14-20-36-19-7-8-23-41(36)42/h1-33H. The van der Waals surface area contributed by atoms with Crippen LogP contribution in [0.3, 0.4) is 0 Å². The Morgan fingerprint density at radius 1 is 0.277 bits per heavy atom. The van der Waals surface area contributed by atoms with Gasteiger partial charge in [-0.25, -0.2) is 0 Å². The summed E-state index contributed by atoms with van der Waals surface area (Å²) in [6.45, 7) is 0. The van der Waals surface area contributed by atoms with Gasteiger partial charge in [0.1, 0.15) is 0 Å². The van der Waals surface area contributed by atoms with Gasteiger partial charge in [-0.3, -0.25) is 0 Å². The first-order valence-electron chi connectivity index (χ1n) is 16.1. The molecule has 0 atom stereocenters. The number of anilines is 3. The molecule has 0 saturated carbocycles. The lowest BCUT2D eigenvalue weighted by Crippen LogP contribution is -2.12. The average Bonchev–Trinajstić information content (AvgIpc) is 3.16. The Hall–Kier alpha value is -6.18. The van der Waals surface area contributed by atoms with Gasteiger partial charge in [0.2, 0.25) is 0 Å². The summed E-state index contributed by atoms with van der Waals surface area (Å²) in [7, 11) is 0. The van der Waals surface area contributed by atoms with E-state index in [1.165, 1.54) is 55.3 Å². The van der Waals surface area contributed by atoms with Gasteiger partial charge in [0.25, 0.3) is 0 Å². The predicted molar refractivity (Wildman–Crippen MR) is 200 cm³/mol. The molecule has 0 saturated heterocycles. The van der Waals surface area contributed by atoms with Gasteiger partial charge >= 0.3 is 0 Å². The molecule has 0 N–H and O–H groups in total. The van der Waals surface area contributed by atoms with Gasteiger partial charge in [-0.05, 0) is 74.5 Å². The van der Waals surface area contributed by atoms with E-state index in [1.807, 2.05) is 0 Å². The Bertz CT molecular complexity index is 2280. The molecule has 0 spiro atoms. The van der Waals surface area contributed by atoms with Crippen molar-refractivity contribution in [2.45, 2.75) is 0 Å². The van der Waals surface area contributed by atoms with E-state index in [4.69, 9.17) is 0 Å². The zero-order valence-electron chi connectivity index (χ0n) is 26.0. The summed E-state index contributed by atoms with van der Waals surface area (Å²) in [6.07, 6.45) is 0. The second-order valence-corrected chi connectivity index (χ2v) is 11.8. The highest BCUT2D eigenvalue weighted by Crippen LogP contribution is 2.45. The first kappa shape index (κ1) is 28.3. The van der Waals surface area contributed by atoms with E-state index in [2.05, 4.69) is 205 Å². The molecule has 0 fully saturated rings. The van der Waals surface area contributed by atoms with Crippen molar-refractivity contribution < 1.29 is 0 Å². The van der Waals surface area contributed by atoms with Crippen LogP contribution < -0.4 is 4.90 Å². The van der Waals surface area contributed by atoms with Crippen molar-refractivity contribution in [2.24, 2.45) is 0 Å². The van der Waals surface area contributed by atoms with Crippen LogP contribution >= 0.6 is 0 Å². The van der Waals surface area contributed by atoms with Crippen molar-refractivity contribution in [1.29, 1.82) is 0 Å². The van der Waals surface area contributed by atoms with Crippen molar-refractivity contribution >= 4 is 27.8 Å². The third-order valence-electron chi connectivity index (χ3n) is 8.88. The largest absolute Gasteiger partial charge is 0.309 e. The van der Waals surface area contributed by atoms with E-state index >= 15 is 0 Å². The van der Waals surface area contributed by atoms with Crippen molar-refractivity contribution in [1.82, 2.24) is 0 Å². The number of rotatable bonds is 7. The van der Waals surface area contributed by atoms with E-state index in [0.29, 0.717) is 0 Å². The smallest absolute Gasteiger partial charge is 0.0540 e. The van der Waals surface area contributed by atoms with Gasteiger partial charge in [0.15, 0.2) is 0 Å². The van der Waals surface area contributed by atoms with Gasteiger partial charge in [-0.1, -0.05) is 170 Å². The van der Waals surface area contributed by atoms with Crippen LogP contribution in [0.4, 0.5) is 17.1 Å². The number of nitrogens with zero attached hydrogens (tertiary/aromatic N) is 1. The van der Waals surface area contributed by atoms with Gasteiger partial charge < -0.3 is 4.90 Å². The molecule has 0 aromatic heterocycles. The van der Waals surface area contributed by atoms with E-state index in [1.54, 1.807) is 0 Å². The Morgan fingerprint density at radius 3 is 1.43 bits per heavy atom. The number of hydrogen-bond acceptors (Lipinski definition) is 1. The lowest BCUT2D eigenvalue weighted by molar-refractivity contribution is 1.28. The second-order valence-electron chi connectivity index (χ2n) is 11.8. The zero-order chi connectivity index (χ0) is 31.4. The molecule has 47 heavy (non-hydrogen) atoms. The molecule has 0 aliphatic heterocycles. The Kier molecular flexibility index (Phi) is 7.63. The molecule has 222 valence electrons. The molecule has 0 radical (unpaired) electrons. The maximum atomic E-state index is 2.41. The van der Waals surface area contributed by atoms with Gasteiger partial charge in [0.05, 0.1) is 11.4 Å². The van der Waals surface area contributed by atoms with Crippen LogP contribution in [0.5, 0.6) is 0 Å². The minimum atomic E-state index is 1.10. The second kappa shape index (κ2) is 12.7. The maximum Gasteiger partial charge on any atom is 0.0540 e. The summed E-state index contributed by atoms with van der Waals surface area (Å²) in [5, 5.41) is 2.51. The fraction of sp³-hybridized carbons (Fsp3) is 0. The normalized spacial score (nSPS) is 11.0. The molecule has 8 aromatic carbocycles. The predicted octanol–water partition coefficient (Wildman–Crippen LogP) is 13.0. The molecule has 1 heteroatoms. The average molecular weight is 600 g/mol. The number of benzene rings is 8. The molecular weight excluding hydrogens is 567 g/mol. The van der Waals surface area contributed by atoms with Gasteiger partial charge in [-0.15, -0.1) is 0 Å². The third-order valence-corrected chi connectivity index (χ3v) is 8.88. The monoisotopic (exact) mass is 599 g/mol. The molecule has 1 nitrogen and oxygen atoms in total. The minimum absolute atomic E-state index is 1.10. The van der Waals surface area contributed by atoms with E-state index in [0.717, 1.165) is 17.1 Å².